The van der Waals surface area contributed by atoms with Crippen molar-refractivity contribution in [1.29, 1.82) is 0 Å². The Bertz CT molecular complexity index is 295. The highest BCUT2D eigenvalue weighted by molar-refractivity contribution is 7.16. The SMILES string of the molecule is CC(C)C(C)(CN)Cc1ccc(Cl)s1. The van der Waals surface area contributed by atoms with E-state index in [4.69, 9.17) is 17.3 Å². The van der Waals surface area contributed by atoms with Gasteiger partial charge in [0.05, 0.1) is 4.34 Å². The molecule has 0 saturated heterocycles. The minimum atomic E-state index is 0.189. The number of hydrogen-bond acceptors (Lipinski definition) is 2. The molecule has 1 nitrogen and oxygen atoms in total. The first kappa shape index (κ1) is 12.0. The Kier molecular flexibility index (Phi) is 3.99. The molecular weight excluding hydrogens is 214 g/mol. The van der Waals surface area contributed by atoms with Crippen LogP contribution in [0.3, 0.4) is 0 Å². The summed E-state index contributed by atoms with van der Waals surface area (Å²) in [5.74, 6) is 0.591. The zero-order valence-corrected chi connectivity index (χ0v) is 10.6. The minimum Gasteiger partial charge on any atom is -0.330 e. The van der Waals surface area contributed by atoms with Gasteiger partial charge in [-0.25, -0.2) is 0 Å². The van der Waals surface area contributed by atoms with E-state index in [0.717, 1.165) is 17.3 Å². The molecule has 1 aromatic heterocycles. The first-order valence-electron chi connectivity index (χ1n) is 4.92. The normalized spacial score (nSPS) is 15.9. The molecule has 14 heavy (non-hydrogen) atoms. The van der Waals surface area contributed by atoms with Gasteiger partial charge in [0.25, 0.3) is 0 Å². The standard InChI is InChI=1S/C11H18ClNS/c1-8(2)11(3,7-13)6-9-4-5-10(12)14-9/h4-5,8H,6-7,13H2,1-3H3. The molecular formula is C11H18ClNS. The van der Waals surface area contributed by atoms with Gasteiger partial charge in [0, 0.05) is 4.88 Å². The fraction of sp³-hybridized carbons (Fsp3) is 0.636. The van der Waals surface area contributed by atoms with Crippen molar-refractivity contribution < 1.29 is 0 Å². The van der Waals surface area contributed by atoms with Crippen molar-refractivity contribution in [3.63, 3.8) is 0 Å². The molecule has 0 aliphatic rings. The van der Waals surface area contributed by atoms with Crippen LogP contribution in [0.5, 0.6) is 0 Å². The van der Waals surface area contributed by atoms with E-state index < -0.39 is 0 Å². The minimum absolute atomic E-state index is 0.189. The third-order valence-corrected chi connectivity index (χ3v) is 4.30. The first-order chi connectivity index (χ1) is 6.48. The molecule has 0 amide bonds. The topological polar surface area (TPSA) is 26.0 Å². The van der Waals surface area contributed by atoms with E-state index in [-0.39, 0.29) is 5.41 Å². The summed E-state index contributed by atoms with van der Waals surface area (Å²) in [4.78, 5) is 1.33. The fourth-order valence-electron chi connectivity index (χ4n) is 1.36. The fourth-order valence-corrected chi connectivity index (χ4v) is 2.64. The highest BCUT2D eigenvalue weighted by Gasteiger charge is 2.27. The summed E-state index contributed by atoms with van der Waals surface area (Å²) in [7, 11) is 0. The molecule has 2 N–H and O–H groups in total. The predicted molar refractivity (Wildman–Crippen MR) is 65.0 cm³/mol. The number of rotatable bonds is 4. The molecule has 1 heterocycles. The average molecular weight is 232 g/mol. The Morgan fingerprint density at radius 1 is 1.50 bits per heavy atom. The molecule has 0 aromatic carbocycles. The lowest BCUT2D eigenvalue weighted by Crippen LogP contribution is -2.34. The molecule has 0 fully saturated rings. The van der Waals surface area contributed by atoms with Crippen molar-refractivity contribution in [2.75, 3.05) is 6.54 Å². The Labute approximate surface area is 95.3 Å². The summed E-state index contributed by atoms with van der Waals surface area (Å²) in [5.41, 5.74) is 6.02. The monoisotopic (exact) mass is 231 g/mol. The summed E-state index contributed by atoms with van der Waals surface area (Å²) in [5, 5.41) is 0. The van der Waals surface area contributed by atoms with E-state index in [2.05, 4.69) is 26.8 Å². The number of halogens is 1. The Morgan fingerprint density at radius 3 is 2.50 bits per heavy atom. The van der Waals surface area contributed by atoms with Crippen LogP contribution < -0.4 is 5.73 Å². The molecule has 0 spiro atoms. The number of nitrogens with two attached hydrogens (primary N) is 1. The van der Waals surface area contributed by atoms with Gasteiger partial charge >= 0.3 is 0 Å². The maximum absolute atomic E-state index is 5.90. The van der Waals surface area contributed by atoms with Gasteiger partial charge < -0.3 is 5.73 Å². The van der Waals surface area contributed by atoms with E-state index in [1.54, 1.807) is 11.3 Å². The van der Waals surface area contributed by atoms with Crippen LogP contribution in [-0.2, 0) is 6.42 Å². The van der Waals surface area contributed by atoms with E-state index >= 15 is 0 Å². The molecule has 1 unspecified atom stereocenters. The summed E-state index contributed by atoms with van der Waals surface area (Å²) < 4.78 is 0.864. The van der Waals surface area contributed by atoms with E-state index in [1.165, 1.54) is 4.88 Å². The van der Waals surface area contributed by atoms with E-state index in [9.17, 15) is 0 Å². The van der Waals surface area contributed by atoms with Crippen molar-refractivity contribution in [2.24, 2.45) is 17.1 Å². The second kappa shape index (κ2) is 4.65. The lowest BCUT2D eigenvalue weighted by atomic mass is 9.76. The van der Waals surface area contributed by atoms with E-state index in [0.29, 0.717) is 5.92 Å². The largest absolute Gasteiger partial charge is 0.330 e. The maximum Gasteiger partial charge on any atom is 0.0931 e. The van der Waals surface area contributed by atoms with Gasteiger partial charge in [-0.2, -0.15) is 0 Å². The maximum atomic E-state index is 5.90. The predicted octanol–water partition coefficient (Wildman–Crippen LogP) is 3.57. The quantitative estimate of drug-likeness (QED) is 0.843. The van der Waals surface area contributed by atoms with Crippen LogP contribution in [0.1, 0.15) is 25.6 Å². The van der Waals surface area contributed by atoms with Gasteiger partial charge in [-0.05, 0) is 36.4 Å². The highest BCUT2D eigenvalue weighted by atomic mass is 35.5. The smallest absolute Gasteiger partial charge is 0.0931 e. The summed E-state index contributed by atoms with van der Waals surface area (Å²) >= 11 is 7.56. The van der Waals surface area contributed by atoms with Crippen LogP contribution in [0.2, 0.25) is 4.34 Å². The van der Waals surface area contributed by atoms with E-state index in [1.807, 2.05) is 6.07 Å². The van der Waals surface area contributed by atoms with Crippen LogP contribution >= 0.6 is 22.9 Å². The zero-order chi connectivity index (χ0) is 10.8. The Morgan fingerprint density at radius 2 is 2.14 bits per heavy atom. The second-order valence-corrected chi connectivity index (χ2v) is 6.20. The van der Waals surface area contributed by atoms with Crippen LogP contribution in [0, 0.1) is 11.3 Å². The zero-order valence-electron chi connectivity index (χ0n) is 9.01. The van der Waals surface area contributed by atoms with Gasteiger partial charge in [0.2, 0.25) is 0 Å². The molecule has 0 aliphatic heterocycles. The molecule has 0 aliphatic carbocycles. The van der Waals surface area contributed by atoms with Gasteiger partial charge in [-0.15, -0.1) is 11.3 Å². The lowest BCUT2D eigenvalue weighted by Gasteiger charge is -2.31. The van der Waals surface area contributed by atoms with Gasteiger partial charge in [0.1, 0.15) is 0 Å². The molecule has 1 aromatic rings. The van der Waals surface area contributed by atoms with Crippen molar-refractivity contribution in [3.05, 3.63) is 21.3 Å². The van der Waals surface area contributed by atoms with Crippen molar-refractivity contribution in [3.8, 4) is 0 Å². The molecule has 1 rings (SSSR count). The molecule has 0 bridgehead atoms. The average Bonchev–Trinajstić information content (AvgIpc) is 2.50. The van der Waals surface area contributed by atoms with Gasteiger partial charge in [0.15, 0.2) is 0 Å². The lowest BCUT2D eigenvalue weighted by molar-refractivity contribution is 0.229. The molecule has 3 heteroatoms. The third kappa shape index (κ3) is 2.72. The van der Waals surface area contributed by atoms with Crippen LogP contribution in [-0.4, -0.2) is 6.54 Å². The van der Waals surface area contributed by atoms with Gasteiger partial charge in [-0.3, -0.25) is 0 Å². The van der Waals surface area contributed by atoms with Crippen LogP contribution in [0.4, 0.5) is 0 Å². The number of thiophene rings is 1. The Hall–Kier alpha value is -0.0500. The number of hydrogen-bond donors (Lipinski definition) is 1. The Balaban J connectivity index is 2.75. The first-order valence-corrected chi connectivity index (χ1v) is 6.11. The van der Waals surface area contributed by atoms with Crippen molar-refractivity contribution in [2.45, 2.75) is 27.2 Å². The summed E-state index contributed by atoms with van der Waals surface area (Å²) in [6.45, 7) is 7.41. The van der Waals surface area contributed by atoms with Crippen molar-refractivity contribution in [1.82, 2.24) is 0 Å². The second-order valence-electron chi connectivity index (χ2n) is 4.40. The molecule has 1 atom stereocenters. The molecule has 80 valence electrons. The van der Waals surface area contributed by atoms with Crippen LogP contribution in [0.25, 0.3) is 0 Å². The summed E-state index contributed by atoms with van der Waals surface area (Å²) in [6, 6.07) is 4.06. The van der Waals surface area contributed by atoms with Crippen LogP contribution in [0.15, 0.2) is 12.1 Å². The molecule has 0 saturated carbocycles. The molecule has 0 radical (unpaired) electrons. The summed E-state index contributed by atoms with van der Waals surface area (Å²) in [6.07, 6.45) is 1.03. The van der Waals surface area contributed by atoms with Crippen molar-refractivity contribution >= 4 is 22.9 Å². The van der Waals surface area contributed by atoms with Gasteiger partial charge in [-0.1, -0.05) is 32.4 Å². The third-order valence-electron chi connectivity index (χ3n) is 3.07. The highest BCUT2D eigenvalue weighted by Crippen LogP contribution is 2.33.